The Morgan fingerprint density at radius 2 is 1.76 bits per heavy atom. The lowest BCUT2D eigenvalue weighted by Crippen LogP contribution is -2.28. The van der Waals surface area contributed by atoms with Gasteiger partial charge in [-0.25, -0.2) is 0 Å². The van der Waals surface area contributed by atoms with Crippen LogP contribution in [-0.2, 0) is 6.42 Å². The van der Waals surface area contributed by atoms with E-state index in [9.17, 15) is 0 Å². The molecule has 0 spiro atoms. The highest BCUT2D eigenvalue weighted by molar-refractivity contribution is 5.29. The van der Waals surface area contributed by atoms with E-state index >= 15 is 0 Å². The lowest BCUT2D eigenvalue weighted by Gasteiger charge is -2.17. The Balaban J connectivity index is 1.94. The number of hydrazine groups is 1. The van der Waals surface area contributed by atoms with Crippen molar-refractivity contribution in [2.24, 2.45) is 5.84 Å². The molecule has 0 fully saturated rings. The quantitative estimate of drug-likeness (QED) is 0.575. The Labute approximate surface area is 127 Å². The van der Waals surface area contributed by atoms with Crippen LogP contribution in [0.1, 0.15) is 36.9 Å². The van der Waals surface area contributed by atoms with Gasteiger partial charge in [0, 0.05) is 6.04 Å². The van der Waals surface area contributed by atoms with Crippen molar-refractivity contribution in [2.75, 3.05) is 6.61 Å². The average molecular weight is 284 g/mol. The number of aryl methyl sites for hydroxylation is 1. The van der Waals surface area contributed by atoms with Crippen LogP contribution in [0.2, 0.25) is 0 Å². The second-order valence-electron chi connectivity index (χ2n) is 5.16. The number of rotatable bonds is 8. The predicted octanol–water partition coefficient (Wildman–Crippen LogP) is 3.61. The van der Waals surface area contributed by atoms with E-state index in [0.717, 1.165) is 31.6 Å². The van der Waals surface area contributed by atoms with Gasteiger partial charge < -0.3 is 4.74 Å². The van der Waals surface area contributed by atoms with Crippen molar-refractivity contribution in [3.8, 4) is 5.75 Å². The van der Waals surface area contributed by atoms with Gasteiger partial charge in [0.1, 0.15) is 5.75 Å². The third-order valence-electron chi connectivity index (χ3n) is 3.52. The third-order valence-corrected chi connectivity index (χ3v) is 3.52. The Kier molecular flexibility index (Phi) is 6.25. The van der Waals surface area contributed by atoms with Gasteiger partial charge in [-0.2, -0.15) is 0 Å². The molecular formula is C18H24N2O. The second-order valence-corrected chi connectivity index (χ2v) is 5.16. The molecule has 112 valence electrons. The lowest BCUT2D eigenvalue weighted by atomic mass is 9.99. The van der Waals surface area contributed by atoms with Gasteiger partial charge in [-0.05, 0) is 42.5 Å². The van der Waals surface area contributed by atoms with Gasteiger partial charge in [-0.15, -0.1) is 0 Å². The Morgan fingerprint density at radius 3 is 2.38 bits per heavy atom. The number of hydrogen-bond acceptors (Lipinski definition) is 3. The summed E-state index contributed by atoms with van der Waals surface area (Å²) in [5, 5.41) is 0. The molecule has 0 saturated carbocycles. The minimum Gasteiger partial charge on any atom is -0.494 e. The van der Waals surface area contributed by atoms with E-state index in [0.29, 0.717) is 0 Å². The largest absolute Gasteiger partial charge is 0.494 e. The lowest BCUT2D eigenvalue weighted by molar-refractivity contribution is 0.317. The van der Waals surface area contributed by atoms with E-state index in [1.165, 1.54) is 11.1 Å². The highest BCUT2D eigenvalue weighted by Gasteiger charge is 2.09. The van der Waals surface area contributed by atoms with E-state index in [2.05, 4.69) is 48.7 Å². The number of hydrogen-bond donors (Lipinski definition) is 2. The van der Waals surface area contributed by atoms with E-state index in [-0.39, 0.29) is 6.04 Å². The summed E-state index contributed by atoms with van der Waals surface area (Å²) >= 11 is 0. The van der Waals surface area contributed by atoms with Crippen molar-refractivity contribution < 1.29 is 4.74 Å². The molecule has 0 radical (unpaired) electrons. The zero-order valence-electron chi connectivity index (χ0n) is 12.6. The topological polar surface area (TPSA) is 47.3 Å². The molecule has 3 heteroatoms. The van der Waals surface area contributed by atoms with E-state index < -0.39 is 0 Å². The van der Waals surface area contributed by atoms with Crippen LogP contribution in [0.4, 0.5) is 0 Å². The molecule has 0 amide bonds. The number of nitrogens with two attached hydrogens (primary N) is 1. The monoisotopic (exact) mass is 284 g/mol. The summed E-state index contributed by atoms with van der Waals surface area (Å²) in [7, 11) is 0. The van der Waals surface area contributed by atoms with Gasteiger partial charge in [-0.1, -0.05) is 49.4 Å². The number of ether oxygens (including phenoxy) is 1. The van der Waals surface area contributed by atoms with Crippen LogP contribution in [0.3, 0.4) is 0 Å². The summed E-state index contributed by atoms with van der Waals surface area (Å²) in [6, 6.07) is 18.8. The minimum atomic E-state index is 0.158. The number of benzene rings is 2. The maximum atomic E-state index is 5.71. The van der Waals surface area contributed by atoms with Gasteiger partial charge >= 0.3 is 0 Å². The van der Waals surface area contributed by atoms with Crippen molar-refractivity contribution in [1.29, 1.82) is 0 Å². The van der Waals surface area contributed by atoms with Gasteiger partial charge in [-0.3, -0.25) is 11.3 Å². The van der Waals surface area contributed by atoms with Gasteiger partial charge in [0.05, 0.1) is 6.61 Å². The standard InChI is InChI=1S/C18H24N2O/c1-2-14-21-17-11-9-16(10-12-17)18(20-19)13-8-15-6-4-3-5-7-15/h3-7,9-12,18,20H,2,8,13-14,19H2,1H3. The predicted molar refractivity (Wildman–Crippen MR) is 87.1 cm³/mol. The van der Waals surface area contributed by atoms with Crippen molar-refractivity contribution in [2.45, 2.75) is 32.2 Å². The van der Waals surface area contributed by atoms with Crippen LogP contribution in [0.15, 0.2) is 54.6 Å². The molecule has 1 unspecified atom stereocenters. The Morgan fingerprint density at radius 1 is 1.05 bits per heavy atom. The third kappa shape index (κ3) is 4.88. The first kappa shape index (κ1) is 15.5. The minimum absolute atomic E-state index is 0.158. The Hall–Kier alpha value is -1.84. The van der Waals surface area contributed by atoms with Crippen LogP contribution < -0.4 is 16.0 Å². The first-order chi connectivity index (χ1) is 10.3. The van der Waals surface area contributed by atoms with Crippen molar-refractivity contribution in [1.82, 2.24) is 5.43 Å². The zero-order chi connectivity index (χ0) is 14.9. The van der Waals surface area contributed by atoms with Crippen LogP contribution in [0.5, 0.6) is 5.75 Å². The summed E-state index contributed by atoms with van der Waals surface area (Å²) in [5.41, 5.74) is 5.44. The fraction of sp³-hybridized carbons (Fsp3) is 0.333. The van der Waals surface area contributed by atoms with Crippen LogP contribution >= 0.6 is 0 Å². The molecule has 3 N–H and O–H groups in total. The SMILES string of the molecule is CCCOc1ccc(C(CCc2ccccc2)NN)cc1. The molecule has 0 aromatic heterocycles. The molecule has 0 bridgehead atoms. The normalized spacial score (nSPS) is 12.1. The summed E-state index contributed by atoms with van der Waals surface area (Å²) < 4.78 is 5.60. The molecule has 3 nitrogen and oxygen atoms in total. The summed E-state index contributed by atoms with van der Waals surface area (Å²) in [6.45, 7) is 2.86. The van der Waals surface area contributed by atoms with Crippen molar-refractivity contribution in [3.63, 3.8) is 0 Å². The molecule has 0 aliphatic carbocycles. The molecule has 1 atom stereocenters. The molecule has 2 rings (SSSR count). The molecule has 21 heavy (non-hydrogen) atoms. The molecular weight excluding hydrogens is 260 g/mol. The van der Waals surface area contributed by atoms with Gasteiger partial charge in [0.25, 0.3) is 0 Å². The molecule has 0 aliphatic heterocycles. The van der Waals surface area contributed by atoms with Crippen LogP contribution in [0, 0.1) is 0 Å². The van der Waals surface area contributed by atoms with Crippen molar-refractivity contribution >= 4 is 0 Å². The average Bonchev–Trinajstić information content (AvgIpc) is 2.55. The fourth-order valence-corrected chi connectivity index (χ4v) is 2.32. The Bertz CT molecular complexity index is 511. The number of nitrogens with one attached hydrogen (secondary N) is 1. The fourth-order valence-electron chi connectivity index (χ4n) is 2.32. The van der Waals surface area contributed by atoms with E-state index in [4.69, 9.17) is 10.6 Å². The summed E-state index contributed by atoms with van der Waals surface area (Å²) in [5.74, 6) is 6.62. The zero-order valence-corrected chi connectivity index (χ0v) is 12.6. The van der Waals surface area contributed by atoms with Crippen LogP contribution in [0.25, 0.3) is 0 Å². The smallest absolute Gasteiger partial charge is 0.119 e. The molecule has 2 aromatic rings. The van der Waals surface area contributed by atoms with Crippen LogP contribution in [-0.4, -0.2) is 6.61 Å². The maximum absolute atomic E-state index is 5.71. The second kappa shape index (κ2) is 8.45. The van der Waals surface area contributed by atoms with E-state index in [1.807, 2.05) is 18.2 Å². The first-order valence-corrected chi connectivity index (χ1v) is 7.56. The molecule has 0 heterocycles. The molecule has 0 saturated heterocycles. The highest BCUT2D eigenvalue weighted by atomic mass is 16.5. The highest BCUT2D eigenvalue weighted by Crippen LogP contribution is 2.21. The summed E-state index contributed by atoms with van der Waals surface area (Å²) in [6.07, 6.45) is 2.99. The van der Waals surface area contributed by atoms with Gasteiger partial charge in [0.2, 0.25) is 0 Å². The maximum Gasteiger partial charge on any atom is 0.119 e. The summed E-state index contributed by atoms with van der Waals surface area (Å²) in [4.78, 5) is 0. The first-order valence-electron chi connectivity index (χ1n) is 7.56. The van der Waals surface area contributed by atoms with E-state index in [1.54, 1.807) is 0 Å². The van der Waals surface area contributed by atoms with Crippen molar-refractivity contribution in [3.05, 3.63) is 65.7 Å². The molecule has 0 aliphatic rings. The van der Waals surface area contributed by atoms with Gasteiger partial charge in [0.15, 0.2) is 0 Å². The molecule has 2 aromatic carbocycles.